The third-order valence-corrected chi connectivity index (χ3v) is 4.18. The number of para-hydroxylation sites is 1. The zero-order valence-corrected chi connectivity index (χ0v) is 14.3. The minimum atomic E-state index is -0.656. The number of aliphatic hydroxyl groups is 1. The molecule has 0 aliphatic rings. The van der Waals surface area contributed by atoms with Crippen LogP contribution in [0.5, 0.6) is 0 Å². The number of hydrogen-bond donors (Lipinski definition) is 2. The Morgan fingerprint density at radius 3 is 2.56 bits per heavy atom. The lowest BCUT2D eigenvalue weighted by Gasteiger charge is -2.20. The highest BCUT2D eigenvalue weighted by molar-refractivity contribution is 5.92. The van der Waals surface area contributed by atoms with Crippen molar-refractivity contribution >= 4 is 5.91 Å². The lowest BCUT2D eigenvalue weighted by Crippen LogP contribution is -2.37. The summed E-state index contributed by atoms with van der Waals surface area (Å²) in [5.41, 5.74) is -0.600. The second-order valence-electron chi connectivity index (χ2n) is 5.77. The Hall–Kier alpha value is -2.54. The third kappa shape index (κ3) is 4.51. The van der Waals surface area contributed by atoms with E-state index in [9.17, 15) is 19.1 Å². The highest BCUT2D eigenvalue weighted by Gasteiger charge is 2.18. The molecule has 1 atom stereocenters. The molecule has 25 heavy (non-hydrogen) atoms. The van der Waals surface area contributed by atoms with E-state index in [4.69, 9.17) is 0 Å². The van der Waals surface area contributed by atoms with E-state index in [1.54, 1.807) is 6.07 Å². The predicted molar refractivity (Wildman–Crippen MR) is 92.2 cm³/mol. The standard InChI is InChI=1S/C18H22FN3O3/c1-3-12(4-2)16(23)11-20-18(25)14-9-10-17(24)22(21-14)15-8-6-5-7-13(15)19/h5-10,12,16,23H,3-4,11H2,1-2H3,(H,20,25). The van der Waals surface area contributed by atoms with Crippen molar-refractivity contribution in [3.8, 4) is 5.69 Å². The zero-order valence-electron chi connectivity index (χ0n) is 14.3. The van der Waals surface area contributed by atoms with Gasteiger partial charge in [-0.15, -0.1) is 0 Å². The molecule has 1 unspecified atom stereocenters. The van der Waals surface area contributed by atoms with Gasteiger partial charge in [-0.1, -0.05) is 38.8 Å². The van der Waals surface area contributed by atoms with Crippen LogP contribution in [0, 0.1) is 11.7 Å². The Morgan fingerprint density at radius 1 is 1.24 bits per heavy atom. The maximum Gasteiger partial charge on any atom is 0.271 e. The minimum Gasteiger partial charge on any atom is -0.391 e. The van der Waals surface area contributed by atoms with E-state index in [1.165, 1.54) is 24.3 Å². The Bertz CT molecular complexity index is 787. The van der Waals surface area contributed by atoms with Crippen molar-refractivity contribution in [2.45, 2.75) is 32.8 Å². The largest absolute Gasteiger partial charge is 0.391 e. The molecule has 0 fully saturated rings. The van der Waals surface area contributed by atoms with Gasteiger partial charge in [0.1, 0.15) is 17.2 Å². The van der Waals surface area contributed by atoms with Crippen LogP contribution in [0.4, 0.5) is 4.39 Å². The first-order chi connectivity index (χ1) is 12.0. The topological polar surface area (TPSA) is 84.2 Å². The summed E-state index contributed by atoms with van der Waals surface area (Å²) >= 11 is 0. The van der Waals surface area contributed by atoms with Gasteiger partial charge < -0.3 is 10.4 Å². The monoisotopic (exact) mass is 347 g/mol. The molecule has 2 rings (SSSR count). The molecule has 0 aliphatic heterocycles. The lowest BCUT2D eigenvalue weighted by atomic mass is 9.96. The molecule has 1 aromatic heterocycles. The number of aromatic nitrogens is 2. The van der Waals surface area contributed by atoms with E-state index in [0.717, 1.165) is 23.6 Å². The number of hydrogen-bond acceptors (Lipinski definition) is 4. The number of amides is 1. The van der Waals surface area contributed by atoms with Gasteiger partial charge in [0, 0.05) is 12.6 Å². The molecule has 1 aromatic carbocycles. The summed E-state index contributed by atoms with van der Waals surface area (Å²) in [6.07, 6.45) is 0.963. The Morgan fingerprint density at radius 2 is 1.92 bits per heavy atom. The van der Waals surface area contributed by atoms with Gasteiger partial charge in [0.05, 0.1) is 6.10 Å². The van der Waals surface area contributed by atoms with E-state index in [0.29, 0.717) is 0 Å². The van der Waals surface area contributed by atoms with E-state index < -0.39 is 23.4 Å². The normalized spacial score (nSPS) is 12.2. The van der Waals surface area contributed by atoms with Crippen LogP contribution >= 0.6 is 0 Å². The average Bonchev–Trinajstić information content (AvgIpc) is 2.62. The van der Waals surface area contributed by atoms with Gasteiger partial charge in [-0.3, -0.25) is 9.59 Å². The van der Waals surface area contributed by atoms with Gasteiger partial charge in [0.2, 0.25) is 0 Å². The van der Waals surface area contributed by atoms with Crippen molar-refractivity contribution < 1.29 is 14.3 Å². The SMILES string of the molecule is CCC(CC)C(O)CNC(=O)c1ccc(=O)n(-c2ccccc2F)n1. The van der Waals surface area contributed by atoms with Crippen LogP contribution in [0.2, 0.25) is 0 Å². The van der Waals surface area contributed by atoms with E-state index in [1.807, 2.05) is 13.8 Å². The molecule has 0 aliphatic carbocycles. The van der Waals surface area contributed by atoms with E-state index in [2.05, 4.69) is 10.4 Å². The van der Waals surface area contributed by atoms with Crippen molar-refractivity contribution in [2.24, 2.45) is 5.92 Å². The molecular weight excluding hydrogens is 325 g/mol. The molecule has 2 N–H and O–H groups in total. The molecule has 0 spiro atoms. The van der Waals surface area contributed by atoms with Gasteiger partial charge in [0.15, 0.2) is 0 Å². The number of aliphatic hydroxyl groups excluding tert-OH is 1. The average molecular weight is 347 g/mol. The highest BCUT2D eigenvalue weighted by Crippen LogP contribution is 2.12. The number of carbonyl (C=O) groups is 1. The Labute approximate surface area is 145 Å². The maximum absolute atomic E-state index is 13.9. The van der Waals surface area contributed by atoms with Gasteiger partial charge in [-0.05, 0) is 24.1 Å². The number of rotatable bonds is 7. The smallest absolute Gasteiger partial charge is 0.271 e. The minimum absolute atomic E-state index is 0.0281. The molecule has 1 heterocycles. The lowest BCUT2D eigenvalue weighted by molar-refractivity contribution is 0.0811. The molecule has 1 amide bonds. The van der Waals surface area contributed by atoms with E-state index >= 15 is 0 Å². The van der Waals surface area contributed by atoms with Crippen LogP contribution in [-0.2, 0) is 0 Å². The molecule has 6 nitrogen and oxygen atoms in total. The van der Waals surface area contributed by atoms with Gasteiger partial charge in [-0.25, -0.2) is 4.39 Å². The molecule has 7 heteroatoms. The molecule has 134 valence electrons. The second kappa shape index (κ2) is 8.53. The second-order valence-corrected chi connectivity index (χ2v) is 5.77. The van der Waals surface area contributed by atoms with E-state index in [-0.39, 0.29) is 23.8 Å². The maximum atomic E-state index is 13.9. The Kier molecular flexibility index (Phi) is 6.41. The highest BCUT2D eigenvalue weighted by atomic mass is 19.1. The summed E-state index contributed by atoms with van der Waals surface area (Å²) in [6.45, 7) is 4.04. The van der Waals surface area contributed by atoms with Gasteiger partial charge in [0.25, 0.3) is 11.5 Å². The van der Waals surface area contributed by atoms with Gasteiger partial charge >= 0.3 is 0 Å². The number of nitrogens with zero attached hydrogens (tertiary/aromatic N) is 2. The third-order valence-electron chi connectivity index (χ3n) is 4.18. The first-order valence-corrected chi connectivity index (χ1v) is 8.29. The number of nitrogens with one attached hydrogen (secondary N) is 1. The summed E-state index contributed by atoms with van der Waals surface area (Å²) in [6, 6.07) is 8.12. The summed E-state index contributed by atoms with van der Waals surface area (Å²) in [5, 5.41) is 16.6. The first-order valence-electron chi connectivity index (χ1n) is 8.29. The van der Waals surface area contributed by atoms with Crippen LogP contribution in [0.3, 0.4) is 0 Å². The van der Waals surface area contributed by atoms with Crippen LogP contribution in [0.25, 0.3) is 5.69 Å². The van der Waals surface area contributed by atoms with Crippen LogP contribution < -0.4 is 10.9 Å². The summed E-state index contributed by atoms with van der Waals surface area (Å²) in [4.78, 5) is 24.2. The zero-order chi connectivity index (χ0) is 18.4. The fourth-order valence-corrected chi connectivity index (χ4v) is 2.62. The van der Waals surface area contributed by atoms with Crippen molar-refractivity contribution in [3.63, 3.8) is 0 Å². The number of benzene rings is 1. The van der Waals surface area contributed by atoms with Crippen LogP contribution in [0.15, 0.2) is 41.2 Å². The molecule has 0 radical (unpaired) electrons. The van der Waals surface area contributed by atoms with Gasteiger partial charge in [-0.2, -0.15) is 9.78 Å². The number of halogens is 1. The fourth-order valence-electron chi connectivity index (χ4n) is 2.62. The molecule has 0 bridgehead atoms. The van der Waals surface area contributed by atoms with Crippen molar-refractivity contribution in [1.82, 2.24) is 15.1 Å². The Balaban J connectivity index is 2.18. The quantitative estimate of drug-likeness (QED) is 0.801. The summed E-state index contributed by atoms with van der Waals surface area (Å²) in [5.74, 6) is -1.05. The molecule has 2 aromatic rings. The molecular formula is C18H22FN3O3. The first kappa shape index (κ1) is 18.8. The predicted octanol–water partition coefficient (Wildman–Crippen LogP) is 1.90. The van der Waals surface area contributed by atoms with Crippen molar-refractivity contribution in [3.05, 3.63) is 58.3 Å². The molecule has 0 saturated heterocycles. The van der Waals surface area contributed by atoms with Crippen molar-refractivity contribution in [1.29, 1.82) is 0 Å². The summed E-state index contributed by atoms with van der Waals surface area (Å²) < 4.78 is 14.7. The fraction of sp³-hybridized carbons (Fsp3) is 0.389. The van der Waals surface area contributed by atoms with Crippen LogP contribution in [0.1, 0.15) is 37.2 Å². The summed E-state index contributed by atoms with van der Waals surface area (Å²) in [7, 11) is 0. The number of carbonyl (C=O) groups excluding carboxylic acids is 1. The van der Waals surface area contributed by atoms with Crippen molar-refractivity contribution in [2.75, 3.05) is 6.54 Å². The molecule has 0 saturated carbocycles. The van der Waals surface area contributed by atoms with Crippen LogP contribution in [-0.4, -0.2) is 33.4 Å².